The highest BCUT2D eigenvalue weighted by atomic mass is 16.5. The van der Waals surface area contributed by atoms with Crippen molar-refractivity contribution >= 4 is 23.8 Å². The Morgan fingerprint density at radius 1 is 0.474 bits per heavy atom. The van der Waals surface area contributed by atoms with Gasteiger partial charge in [-0.2, -0.15) is 0 Å². The van der Waals surface area contributed by atoms with Crippen molar-refractivity contribution in [2.45, 2.75) is 78.1 Å². The largest absolute Gasteiger partial charge is 0.494 e. The Kier molecular flexibility index (Phi) is 13.8. The summed E-state index contributed by atoms with van der Waals surface area (Å²) in [5.41, 5.74) is 3.89. The second-order valence-electron chi connectivity index (χ2n) is 9.70. The molecule has 0 N–H and O–H groups in total. The molecule has 0 bridgehead atoms. The average molecular weight is 513 g/mol. The lowest BCUT2D eigenvalue weighted by molar-refractivity contribution is 0.304. The van der Waals surface area contributed by atoms with Crippen LogP contribution in [0.1, 0.15) is 89.2 Å². The van der Waals surface area contributed by atoms with Gasteiger partial charge in [0.25, 0.3) is 0 Å². The van der Waals surface area contributed by atoms with Crippen LogP contribution < -0.4 is 9.47 Å². The molecule has 4 heteroatoms. The van der Waals surface area contributed by atoms with Gasteiger partial charge in [-0.05, 0) is 96.8 Å². The summed E-state index contributed by atoms with van der Waals surface area (Å²) in [5, 5.41) is 0. The van der Waals surface area contributed by atoms with Crippen LogP contribution in [-0.2, 0) is 0 Å². The van der Waals surface area contributed by atoms with Crippen molar-refractivity contribution in [3.63, 3.8) is 0 Å². The molecule has 38 heavy (non-hydrogen) atoms. The predicted octanol–water partition coefficient (Wildman–Crippen LogP) is 9.89. The molecule has 4 nitrogen and oxygen atoms in total. The van der Waals surface area contributed by atoms with Crippen molar-refractivity contribution in [3.05, 3.63) is 83.9 Å². The first-order valence-electron chi connectivity index (χ1n) is 14.4. The summed E-state index contributed by atoms with van der Waals surface area (Å²) in [6, 6.07) is 24.1. The molecule has 0 heterocycles. The molecular formula is C34H44N2O2. The van der Waals surface area contributed by atoms with Gasteiger partial charge < -0.3 is 9.47 Å². The molecule has 3 aromatic carbocycles. The lowest BCUT2D eigenvalue weighted by Crippen LogP contribution is -1.97. The third-order valence-corrected chi connectivity index (χ3v) is 6.37. The van der Waals surface area contributed by atoms with Gasteiger partial charge in [0.2, 0.25) is 0 Å². The maximum absolute atomic E-state index is 5.84. The van der Waals surface area contributed by atoms with Gasteiger partial charge in [0.05, 0.1) is 24.6 Å². The summed E-state index contributed by atoms with van der Waals surface area (Å²) >= 11 is 0. The molecule has 202 valence electrons. The smallest absolute Gasteiger partial charge is 0.119 e. The second kappa shape index (κ2) is 18.0. The third-order valence-electron chi connectivity index (χ3n) is 6.37. The quantitative estimate of drug-likeness (QED) is 0.126. The molecule has 3 rings (SSSR count). The first kappa shape index (κ1) is 29.2. The molecule has 0 aliphatic rings. The maximum atomic E-state index is 5.84. The fraction of sp³-hybridized carbons (Fsp3) is 0.412. The Bertz CT molecular complexity index is 982. The van der Waals surface area contributed by atoms with Crippen LogP contribution in [0.3, 0.4) is 0 Å². The van der Waals surface area contributed by atoms with Crippen LogP contribution in [0, 0.1) is 0 Å². The van der Waals surface area contributed by atoms with E-state index in [0.717, 1.165) is 60.1 Å². The molecule has 0 radical (unpaired) electrons. The molecule has 0 aliphatic carbocycles. The van der Waals surface area contributed by atoms with Crippen molar-refractivity contribution in [1.82, 2.24) is 0 Å². The summed E-state index contributed by atoms with van der Waals surface area (Å²) in [5.74, 6) is 1.83. The van der Waals surface area contributed by atoms with E-state index in [1.165, 1.54) is 51.4 Å². The van der Waals surface area contributed by atoms with Crippen LogP contribution in [0.25, 0.3) is 0 Å². The first-order valence-corrected chi connectivity index (χ1v) is 14.4. The number of ether oxygens (including phenoxy) is 2. The Morgan fingerprint density at radius 3 is 1.21 bits per heavy atom. The highest BCUT2D eigenvalue weighted by molar-refractivity contribution is 5.83. The molecule has 3 aromatic rings. The van der Waals surface area contributed by atoms with Crippen LogP contribution in [0.2, 0.25) is 0 Å². The van der Waals surface area contributed by atoms with Crippen LogP contribution in [0.5, 0.6) is 11.5 Å². The van der Waals surface area contributed by atoms with E-state index >= 15 is 0 Å². The van der Waals surface area contributed by atoms with E-state index in [0.29, 0.717) is 0 Å². The lowest BCUT2D eigenvalue weighted by Gasteiger charge is -2.06. The van der Waals surface area contributed by atoms with Crippen LogP contribution in [0.4, 0.5) is 11.4 Å². The minimum absolute atomic E-state index is 0.783. The summed E-state index contributed by atoms with van der Waals surface area (Å²) in [6.45, 7) is 6.04. The summed E-state index contributed by atoms with van der Waals surface area (Å²) in [4.78, 5) is 9.19. The Balaban J connectivity index is 1.39. The number of aliphatic imine (C=N–C) groups is 2. The predicted molar refractivity (Wildman–Crippen MR) is 162 cm³/mol. The normalized spacial score (nSPS) is 11.4. The van der Waals surface area contributed by atoms with Gasteiger partial charge in [-0.1, -0.05) is 65.2 Å². The molecule has 0 atom stereocenters. The van der Waals surface area contributed by atoms with Crippen LogP contribution >= 0.6 is 0 Å². The molecule has 0 saturated heterocycles. The van der Waals surface area contributed by atoms with Gasteiger partial charge in [-0.25, -0.2) is 0 Å². The van der Waals surface area contributed by atoms with E-state index in [9.17, 15) is 0 Å². The number of hydrogen-bond acceptors (Lipinski definition) is 4. The summed E-state index contributed by atoms with van der Waals surface area (Å²) in [6.07, 6.45) is 16.2. The molecule has 0 aliphatic heterocycles. The minimum Gasteiger partial charge on any atom is -0.494 e. The van der Waals surface area contributed by atoms with Crippen molar-refractivity contribution < 1.29 is 9.47 Å². The van der Waals surface area contributed by atoms with E-state index in [1.807, 2.05) is 85.2 Å². The SMILES string of the molecule is CCCCCCCOc1ccc(/C=N/c2ccc(/N=C/c3ccc(OCCCCCCC)cc3)cc2)cc1. The van der Waals surface area contributed by atoms with Gasteiger partial charge in [-0.15, -0.1) is 0 Å². The van der Waals surface area contributed by atoms with Crippen LogP contribution in [0.15, 0.2) is 82.8 Å². The Morgan fingerprint density at radius 2 is 0.842 bits per heavy atom. The topological polar surface area (TPSA) is 43.2 Å². The zero-order valence-corrected chi connectivity index (χ0v) is 23.3. The summed E-state index contributed by atoms with van der Waals surface area (Å²) in [7, 11) is 0. The molecule has 0 fully saturated rings. The van der Waals surface area contributed by atoms with Gasteiger partial charge in [-0.3, -0.25) is 9.98 Å². The Labute approximate surface area is 229 Å². The van der Waals surface area contributed by atoms with Gasteiger partial charge in [0.15, 0.2) is 0 Å². The second-order valence-corrected chi connectivity index (χ2v) is 9.70. The minimum atomic E-state index is 0.783. The number of nitrogens with zero attached hydrogens (tertiary/aromatic N) is 2. The fourth-order valence-corrected chi connectivity index (χ4v) is 4.01. The van der Waals surface area contributed by atoms with Gasteiger partial charge >= 0.3 is 0 Å². The van der Waals surface area contributed by atoms with E-state index in [2.05, 4.69) is 23.8 Å². The molecule has 0 unspecified atom stereocenters. The molecule has 0 spiro atoms. The standard InChI is InChI=1S/C34H44N2O2/c1-3-5-7-9-11-25-37-33-21-13-29(14-22-33)27-35-31-17-19-32(20-18-31)36-28-30-15-23-34(24-16-30)38-26-12-10-8-6-4-2/h13-24,27-28H,3-12,25-26H2,1-2H3/b35-27+,36-28+. The number of hydrogen-bond donors (Lipinski definition) is 0. The fourth-order valence-electron chi connectivity index (χ4n) is 4.01. The van der Waals surface area contributed by atoms with E-state index in [-0.39, 0.29) is 0 Å². The van der Waals surface area contributed by atoms with Crippen molar-refractivity contribution in [1.29, 1.82) is 0 Å². The first-order chi connectivity index (χ1) is 18.8. The van der Waals surface area contributed by atoms with E-state index in [4.69, 9.17) is 9.47 Å². The Hall–Kier alpha value is -3.40. The number of benzene rings is 3. The highest BCUT2D eigenvalue weighted by Gasteiger charge is 1.98. The maximum Gasteiger partial charge on any atom is 0.119 e. The zero-order valence-electron chi connectivity index (χ0n) is 23.3. The average Bonchev–Trinajstić information content (AvgIpc) is 2.96. The van der Waals surface area contributed by atoms with Gasteiger partial charge in [0, 0.05) is 12.4 Å². The van der Waals surface area contributed by atoms with Crippen molar-refractivity contribution in [3.8, 4) is 11.5 Å². The van der Waals surface area contributed by atoms with E-state index in [1.54, 1.807) is 0 Å². The number of rotatable bonds is 18. The highest BCUT2D eigenvalue weighted by Crippen LogP contribution is 2.20. The number of unbranched alkanes of at least 4 members (excludes halogenated alkanes) is 8. The summed E-state index contributed by atoms with van der Waals surface area (Å²) < 4.78 is 11.7. The molecular weight excluding hydrogens is 468 g/mol. The molecule has 0 saturated carbocycles. The van der Waals surface area contributed by atoms with Gasteiger partial charge in [0.1, 0.15) is 11.5 Å². The third kappa shape index (κ3) is 11.8. The van der Waals surface area contributed by atoms with Crippen molar-refractivity contribution in [2.24, 2.45) is 9.98 Å². The van der Waals surface area contributed by atoms with E-state index < -0.39 is 0 Å². The van der Waals surface area contributed by atoms with Crippen LogP contribution in [-0.4, -0.2) is 25.6 Å². The monoisotopic (exact) mass is 512 g/mol. The molecule has 0 amide bonds. The lowest BCUT2D eigenvalue weighted by atomic mass is 10.2. The molecule has 0 aromatic heterocycles. The van der Waals surface area contributed by atoms with Crippen molar-refractivity contribution in [2.75, 3.05) is 13.2 Å². The zero-order chi connectivity index (χ0) is 26.7.